The number of carbonyl (C=O) groups excluding carboxylic acids is 1. The normalized spacial score (nSPS) is 11.8. The Bertz CT molecular complexity index is 931. The fraction of sp³-hybridized carbons (Fsp3) is 0.353. The predicted octanol–water partition coefficient (Wildman–Crippen LogP) is 3.85. The van der Waals surface area contributed by atoms with Gasteiger partial charge in [-0.3, -0.25) is 14.2 Å². The number of amides is 1. The van der Waals surface area contributed by atoms with Crippen LogP contribution in [0, 0.1) is 0 Å². The first-order valence-electron chi connectivity index (χ1n) is 7.69. The molecule has 2 aromatic heterocycles. The summed E-state index contributed by atoms with van der Waals surface area (Å²) in [6.45, 7) is 6.62. The van der Waals surface area contributed by atoms with Gasteiger partial charge in [0, 0.05) is 23.8 Å². The van der Waals surface area contributed by atoms with Crippen LogP contribution in [-0.2, 0) is 16.8 Å². The van der Waals surface area contributed by atoms with Crippen LogP contribution in [0.15, 0.2) is 34.4 Å². The van der Waals surface area contributed by atoms with Gasteiger partial charge in [-0.1, -0.05) is 44.2 Å². The fourth-order valence-corrected chi connectivity index (χ4v) is 4.17. The Balaban J connectivity index is 1.66. The molecule has 1 amide bonds. The summed E-state index contributed by atoms with van der Waals surface area (Å²) >= 11 is 2.63. The van der Waals surface area contributed by atoms with Gasteiger partial charge in [0.2, 0.25) is 5.91 Å². The molecule has 0 spiro atoms. The molecular weight excluding hydrogens is 342 g/mol. The predicted molar refractivity (Wildman–Crippen MR) is 100 cm³/mol. The van der Waals surface area contributed by atoms with Crippen molar-refractivity contribution < 1.29 is 4.79 Å². The number of anilines is 1. The molecule has 24 heavy (non-hydrogen) atoms. The molecule has 0 fully saturated rings. The lowest BCUT2D eigenvalue weighted by molar-refractivity contribution is -0.116. The lowest BCUT2D eigenvalue weighted by atomic mass is 9.93. The first kappa shape index (κ1) is 16.9. The molecule has 0 saturated carbocycles. The van der Waals surface area contributed by atoms with Crippen LogP contribution in [0.2, 0.25) is 0 Å². The van der Waals surface area contributed by atoms with Crippen molar-refractivity contribution in [1.82, 2.24) is 9.55 Å². The summed E-state index contributed by atoms with van der Waals surface area (Å²) in [5, 5.41) is 5.39. The molecule has 0 atom stereocenters. The number of hydrogen-bond acceptors (Lipinski definition) is 5. The number of nitrogens with one attached hydrogen (secondary N) is 1. The van der Waals surface area contributed by atoms with Crippen molar-refractivity contribution in [3.63, 3.8) is 0 Å². The summed E-state index contributed by atoms with van der Waals surface area (Å²) < 4.78 is 2.60. The van der Waals surface area contributed by atoms with Gasteiger partial charge in [-0.15, -0.1) is 11.3 Å². The topological polar surface area (TPSA) is 64.0 Å². The minimum atomic E-state index is -0.132. The van der Waals surface area contributed by atoms with Gasteiger partial charge >= 0.3 is 4.87 Å². The average molecular weight is 361 g/mol. The van der Waals surface area contributed by atoms with Gasteiger partial charge in [-0.2, -0.15) is 0 Å². The molecule has 0 aliphatic carbocycles. The van der Waals surface area contributed by atoms with Crippen molar-refractivity contribution in [1.29, 1.82) is 0 Å². The molecule has 3 aromatic rings. The number of para-hydroxylation sites is 1. The van der Waals surface area contributed by atoms with Crippen molar-refractivity contribution in [3.05, 3.63) is 45.0 Å². The van der Waals surface area contributed by atoms with Crippen LogP contribution in [0.5, 0.6) is 0 Å². The minimum absolute atomic E-state index is 0.0340. The lowest BCUT2D eigenvalue weighted by Gasteiger charge is -2.14. The number of aromatic nitrogens is 2. The van der Waals surface area contributed by atoms with E-state index in [9.17, 15) is 9.59 Å². The Hall–Kier alpha value is -1.99. The van der Waals surface area contributed by atoms with Crippen LogP contribution in [0.4, 0.5) is 5.13 Å². The first-order valence-corrected chi connectivity index (χ1v) is 9.38. The zero-order valence-electron chi connectivity index (χ0n) is 13.8. The maximum absolute atomic E-state index is 12.2. The highest BCUT2D eigenvalue weighted by molar-refractivity contribution is 7.16. The monoisotopic (exact) mass is 361 g/mol. The van der Waals surface area contributed by atoms with E-state index in [-0.39, 0.29) is 22.6 Å². The lowest BCUT2D eigenvalue weighted by Crippen LogP contribution is -2.19. The second-order valence-corrected chi connectivity index (χ2v) is 8.42. The third-order valence-corrected chi connectivity index (χ3v) is 5.37. The molecule has 5 nitrogen and oxygen atoms in total. The van der Waals surface area contributed by atoms with Gasteiger partial charge in [-0.05, 0) is 12.1 Å². The van der Waals surface area contributed by atoms with E-state index in [2.05, 4.69) is 31.1 Å². The van der Waals surface area contributed by atoms with Crippen molar-refractivity contribution in [2.75, 3.05) is 5.32 Å². The molecule has 0 aliphatic heterocycles. The average Bonchev–Trinajstić information content (AvgIpc) is 3.09. The molecular formula is C17H19N3O2S2. The highest BCUT2D eigenvalue weighted by Crippen LogP contribution is 2.26. The molecule has 1 N–H and O–H groups in total. The standard InChI is InChI=1S/C17H19N3O2S2/c1-17(2,3)13-10-23-15(18-13)19-14(21)8-9-20-11-6-4-5-7-12(11)24-16(20)22/h4-7,10H,8-9H2,1-3H3,(H,18,19,21). The number of benzene rings is 1. The molecule has 0 bridgehead atoms. The minimum Gasteiger partial charge on any atom is -0.302 e. The smallest absolute Gasteiger partial charge is 0.302 e. The molecule has 0 unspecified atom stereocenters. The number of hydrogen-bond donors (Lipinski definition) is 1. The van der Waals surface area contributed by atoms with E-state index in [1.165, 1.54) is 22.7 Å². The van der Waals surface area contributed by atoms with E-state index in [1.807, 2.05) is 29.6 Å². The third kappa shape index (κ3) is 3.57. The van der Waals surface area contributed by atoms with Crippen LogP contribution >= 0.6 is 22.7 Å². The third-order valence-electron chi connectivity index (χ3n) is 3.66. The van der Waals surface area contributed by atoms with E-state index in [1.54, 1.807) is 4.57 Å². The summed E-state index contributed by atoms with van der Waals surface area (Å²) in [6, 6.07) is 7.63. The van der Waals surface area contributed by atoms with E-state index >= 15 is 0 Å². The molecule has 0 aliphatic rings. The summed E-state index contributed by atoms with van der Waals surface area (Å²) in [4.78, 5) is 28.6. The molecule has 1 aromatic carbocycles. The highest BCUT2D eigenvalue weighted by Gasteiger charge is 2.18. The quantitative estimate of drug-likeness (QED) is 0.768. The molecule has 126 valence electrons. The van der Waals surface area contributed by atoms with Crippen molar-refractivity contribution >= 4 is 43.9 Å². The van der Waals surface area contributed by atoms with Gasteiger partial charge in [0.25, 0.3) is 0 Å². The number of nitrogens with zero attached hydrogens (tertiary/aromatic N) is 2. The van der Waals surface area contributed by atoms with Crippen LogP contribution in [0.25, 0.3) is 10.2 Å². The molecule has 0 saturated heterocycles. The maximum atomic E-state index is 12.2. The summed E-state index contributed by atoms with van der Waals surface area (Å²) in [5.74, 6) is -0.132. The molecule has 2 heterocycles. The Kier molecular flexibility index (Phi) is 4.56. The molecule has 3 rings (SSSR count). The van der Waals surface area contributed by atoms with E-state index in [0.29, 0.717) is 11.7 Å². The second kappa shape index (κ2) is 6.49. The van der Waals surface area contributed by atoms with Crippen LogP contribution in [0.1, 0.15) is 32.9 Å². The van der Waals surface area contributed by atoms with E-state index in [4.69, 9.17) is 0 Å². The van der Waals surface area contributed by atoms with E-state index < -0.39 is 0 Å². The zero-order chi connectivity index (χ0) is 17.3. The SMILES string of the molecule is CC(C)(C)c1csc(NC(=O)CCn2c(=O)sc3ccccc32)n1. The maximum Gasteiger partial charge on any atom is 0.308 e. The zero-order valence-corrected chi connectivity index (χ0v) is 15.5. The Morgan fingerprint density at radius 1 is 1.29 bits per heavy atom. The Labute approximate surface area is 148 Å². The molecule has 7 heteroatoms. The van der Waals surface area contributed by atoms with E-state index in [0.717, 1.165) is 15.9 Å². The van der Waals surface area contributed by atoms with Crippen molar-refractivity contribution in [2.24, 2.45) is 0 Å². The summed E-state index contributed by atoms with van der Waals surface area (Å²) in [6.07, 6.45) is 0.241. The fourth-order valence-electron chi connectivity index (χ4n) is 2.30. The van der Waals surface area contributed by atoms with Gasteiger partial charge < -0.3 is 5.32 Å². The van der Waals surface area contributed by atoms with Gasteiger partial charge in [0.1, 0.15) is 0 Å². The number of fused-ring (bicyclic) bond motifs is 1. The number of aryl methyl sites for hydroxylation is 1. The first-order chi connectivity index (χ1) is 11.3. The summed E-state index contributed by atoms with van der Waals surface area (Å²) in [5.41, 5.74) is 1.80. The highest BCUT2D eigenvalue weighted by atomic mass is 32.1. The van der Waals surface area contributed by atoms with Gasteiger partial charge in [0.15, 0.2) is 5.13 Å². The number of rotatable bonds is 4. The summed E-state index contributed by atoms with van der Waals surface area (Å²) in [7, 11) is 0. The Morgan fingerprint density at radius 3 is 2.75 bits per heavy atom. The van der Waals surface area contributed by atoms with Crippen LogP contribution in [-0.4, -0.2) is 15.5 Å². The van der Waals surface area contributed by atoms with Gasteiger partial charge in [0.05, 0.1) is 15.9 Å². The Morgan fingerprint density at radius 2 is 2.04 bits per heavy atom. The van der Waals surface area contributed by atoms with Crippen LogP contribution in [0.3, 0.4) is 0 Å². The molecule has 0 radical (unpaired) electrons. The number of thiazole rings is 2. The second-order valence-electron chi connectivity index (χ2n) is 6.57. The van der Waals surface area contributed by atoms with Crippen molar-refractivity contribution in [2.45, 2.75) is 39.2 Å². The van der Waals surface area contributed by atoms with Crippen LogP contribution < -0.4 is 10.2 Å². The van der Waals surface area contributed by atoms with Gasteiger partial charge in [-0.25, -0.2) is 4.98 Å². The largest absolute Gasteiger partial charge is 0.308 e. The number of carbonyl (C=O) groups is 1. The van der Waals surface area contributed by atoms with Crippen molar-refractivity contribution in [3.8, 4) is 0 Å².